The molecule has 1 aliphatic rings. The summed E-state index contributed by atoms with van der Waals surface area (Å²) >= 11 is 7.82. The number of thiazole rings is 1. The molecule has 0 spiro atoms. The molecule has 7 nitrogen and oxygen atoms in total. The standard InChI is InChI=1S/C22H17ClN4O3S/c1-13-19(20(23)27(26-13)15-5-3-2-4-6-15)21(28)25-22-24-16(12-31-22)14-7-8-17-18(11-14)30-10-9-29-17/h2-8,11-12H,9-10H2,1H3,(H,24,25,28). The molecule has 2 aromatic carbocycles. The molecule has 156 valence electrons. The van der Waals surface area contributed by atoms with E-state index in [0.29, 0.717) is 35.4 Å². The number of fused-ring (bicyclic) bond motifs is 1. The van der Waals surface area contributed by atoms with Crippen LogP contribution in [0, 0.1) is 6.92 Å². The Bertz CT molecular complexity index is 1270. The number of nitrogens with zero attached hydrogens (tertiary/aromatic N) is 3. The van der Waals surface area contributed by atoms with Crippen molar-refractivity contribution in [2.24, 2.45) is 0 Å². The molecule has 0 unspecified atom stereocenters. The molecule has 0 atom stereocenters. The van der Waals surface area contributed by atoms with Crippen LogP contribution in [0.3, 0.4) is 0 Å². The maximum atomic E-state index is 12.9. The van der Waals surface area contributed by atoms with Crippen molar-refractivity contribution in [1.29, 1.82) is 0 Å². The Balaban J connectivity index is 1.38. The van der Waals surface area contributed by atoms with Gasteiger partial charge >= 0.3 is 0 Å². The highest BCUT2D eigenvalue weighted by Gasteiger charge is 2.22. The van der Waals surface area contributed by atoms with Crippen LogP contribution in [0.2, 0.25) is 5.15 Å². The molecule has 0 radical (unpaired) electrons. The highest BCUT2D eigenvalue weighted by molar-refractivity contribution is 7.14. The van der Waals surface area contributed by atoms with E-state index in [1.807, 2.05) is 53.9 Å². The van der Waals surface area contributed by atoms with Crippen molar-refractivity contribution in [1.82, 2.24) is 14.8 Å². The Morgan fingerprint density at radius 1 is 1.13 bits per heavy atom. The Morgan fingerprint density at radius 3 is 2.71 bits per heavy atom. The maximum absolute atomic E-state index is 12.9. The van der Waals surface area contributed by atoms with E-state index >= 15 is 0 Å². The summed E-state index contributed by atoms with van der Waals surface area (Å²) in [6.45, 7) is 2.82. The largest absolute Gasteiger partial charge is 0.486 e. The number of nitrogens with one attached hydrogen (secondary N) is 1. The predicted octanol–water partition coefficient (Wildman–Crippen LogP) is 4.98. The third-order valence-corrected chi connectivity index (χ3v) is 5.90. The third kappa shape index (κ3) is 3.75. The molecule has 4 aromatic rings. The monoisotopic (exact) mass is 452 g/mol. The van der Waals surface area contributed by atoms with Crippen molar-refractivity contribution in [3.05, 3.63) is 70.3 Å². The van der Waals surface area contributed by atoms with Crippen LogP contribution in [0.25, 0.3) is 16.9 Å². The number of halogens is 1. The van der Waals surface area contributed by atoms with E-state index in [-0.39, 0.29) is 11.1 Å². The Hall–Kier alpha value is -3.36. The van der Waals surface area contributed by atoms with E-state index in [1.54, 1.807) is 11.6 Å². The maximum Gasteiger partial charge on any atom is 0.262 e. The lowest BCUT2D eigenvalue weighted by Gasteiger charge is -2.18. The number of rotatable bonds is 4. The van der Waals surface area contributed by atoms with Gasteiger partial charge in [0.2, 0.25) is 0 Å². The second kappa shape index (κ2) is 8.05. The van der Waals surface area contributed by atoms with E-state index in [9.17, 15) is 4.79 Å². The number of hydrogen-bond acceptors (Lipinski definition) is 6. The summed E-state index contributed by atoms with van der Waals surface area (Å²) in [5, 5.41) is 9.85. The fourth-order valence-electron chi connectivity index (χ4n) is 3.32. The number of amides is 1. The zero-order chi connectivity index (χ0) is 21.4. The van der Waals surface area contributed by atoms with Gasteiger partial charge in [0.05, 0.1) is 17.1 Å². The van der Waals surface area contributed by atoms with Crippen LogP contribution in [-0.4, -0.2) is 33.9 Å². The zero-order valence-electron chi connectivity index (χ0n) is 16.5. The smallest absolute Gasteiger partial charge is 0.262 e. The van der Waals surface area contributed by atoms with Crippen molar-refractivity contribution in [3.8, 4) is 28.4 Å². The summed E-state index contributed by atoms with van der Waals surface area (Å²) in [5.74, 6) is 1.06. The SMILES string of the molecule is Cc1nn(-c2ccccc2)c(Cl)c1C(=O)Nc1nc(-c2ccc3c(c2)OCCO3)cs1. The summed E-state index contributed by atoms with van der Waals surface area (Å²) in [6.07, 6.45) is 0. The molecule has 2 aromatic heterocycles. The van der Waals surface area contributed by atoms with Crippen LogP contribution < -0.4 is 14.8 Å². The van der Waals surface area contributed by atoms with Gasteiger partial charge in [0.15, 0.2) is 16.6 Å². The molecule has 31 heavy (non-hydrogen) atoms. The van der Waals surface area contributed by atoms with Gasteiger partial charge < -0.3 is 9.47 Å². The van der Waals surface area contributed by atoms with Gasteiger partial charge in [0.25, 0.3) is 5.91 Å². The minimum atomic E-state index is -0.354. The summed E-state index contributed by atoms with van der Waals surface area (Å²) in [6, 6.07) is 15.1. The van der Waals surface area contributed by atoms with Crippen LogP contribution >= 0.6 is 22.9 Å². The van der Waals surface area contributed by atoms with Crippen molar-refractivity contribution < 1.29 is 14.3 Å². The van der Waals surface area contributed by atoms with E-state index in [4.69, 9.17) is 21.1 Å². The molecule has 9 heteroatoms. The van der Waals surface area contributed by atoms with Gasteiger partial charge in [0, 0.05) is 10.9 Å². The van der Waals surface area contributed by atoms with E-state index in [1.165, 1.54) is 11.3 Å². The minimum absolute atomic E-state index is 0.254. The molecule has 1 aliphatic heterocycles. The van der Waals surface area contributed by atoms with Gasteiger partial charge in [-0.3, -0.25) is 10.1 Å². The predicted molar refractivity (Wildman–Crippen MR) is 120 cm³/mol. The molecular weight excluding hydrogens is 436 g/mol. The van der Waals surface area contributed by atoms with Crippen molar-refractivity contribution in [2.45, 2.75) is 6.92 Å². The first-order chi connectivity index (χ1) is 15.1. The first-order valence-electron chi connectivity index (χ1n) is 9.57. The normalized spacial score (nSPS) is 12.6. The summed E-state index contributed by atoms with van der Waals surface area (Å²) in [5.41, 5.74) is 3.26. The second-order valence-corrected chi connectivity index (χ2v) is 8.07. The van der Waals surface area contributed by atoms with Crippen LogP contribution in [0.5, 0.6) is 11.5 Å². The fourth-order valence-corrected chi connectivity index (χ4v) is 4.40. The number of hydrogen-bond donors (Lipinski definition) is 1. The molecule has 0 saturated heterocycles. The van der Waals surface area contributed by atoms with Crippen LogP contribution in [0.1, 0.15) is 16.1 Å². The van der Waals surface area contributed by atoms with Gasteiger partial charge in [-0.25, -0.2) is 9.67 Å². The van der Waals surface area contributed by atoms with Gasteiger partial charge in [-0.1, -0.05) is 29.8 Å². The number of anilines is 1. The third-order valence-electron chi connectivity index (χ3n) is 4.79. The zero-order valence-corrected chi connectivity index (χ0v) is 18.0. The Kier molecular flexibility index (Phi) is 5.09. The molecule has 1 N–H and O–H groups in total. The molecular formula is C22H17ClN4O3S. The summed E-state index contributed by atoms with van der Waals surface area (Å²) < 4.78 is 12.7. The van der Waals surface area contributed by atoms with E-state index < -0.39 is 0 Å². The first kappa shape index (κ1) is 19.6. The topological polar surface area (TPSA) is 78.3 Å². The lowest BCUT2D eigenvalue weighted by molar-refractivity contribution is 0.102. The number of carbonyl (C=O) groups excluding carboxylic acids is 1. The van der Waals surface area contributed by atoms with Crippen LogP contribution in [0.4, 0.5) is 5.13 Å². The lowest BCUT2D eigenvalue weighted by atomic mass is 10.1. The first-order valence-corrected chi connectivity index (χ1v) is 10.8. The average Bonchev–Trinajstić information content (AvgIpc) is 3.37. The van der Waals surface area contributed by atoms with Crippen LogP contribution in [0.15, 0.2) is 53.9 Å². The van der Waals surface area contributed by atoms with Crippen molar-refractivity contribution in [3.63, 3.8) is 0 Å². The molecule has 1 amide bonds. The van der Waals surface area contributed by atoms with Crippen molar-refractivity contribution in [2.75, 3.05) is 18.5 Å². The van der Waals surface area contributed by atoms with E-state index in [0.717, 1.165) is 22.7 Å². The number of benzene rings is 2. The van der Waals surface area contributed by atoms with Crippen LogP contribution in [-0.2, 0) is 0 Å². The number of carbonyl (C=O) groups is 1. The Morgan fingerprint density at radius 2 is 1.90 bits per heavy atom. The van der Waals surface area contributed by atoms with Gasteiger partial charge in [0.1, 0.15) is 23.9 Å². The van der Waals surface area contributed by atoms with Gasteiger partial charge in [-0.05, 0) is 37.3 Å². The van der Waals surface area contributed by atoms with Gasteiger partial charge in [-0.15, -0.1) is 11.3 Å². The summed E-state index contributed by atoms with van der Waals surface area (Å²) in [4.78, 5) is 17.5. The van der Waals surface area contributed by atoms with E-state index in [2.05, 4.69) is 15.4 Å². The Labute approximate surface area is 187 Å². The minimum Gasteiger partial charge on any atom is -0.486 e. The van der Waals surface area contributed by atoms with Gasteiger partial charge in [-0.2, -0.15) is 5.10 Å². The average molecular weight is 453 g/mol. The highest BCUT2D eigenvalue weighted by atomic mass is 35.5. The van der Waals surface area contributed by atoms with Crippen molar-refractivity contribution >= 4 is 34.0 Å². The number of aryl methyl sites for hydroxylation is 1. The molecule has 0 aliphatic carbocycles. The summed E-state index contributed by atoms with van der Waals surface area (Å²) in [7, 11) is 0. The fraction of sp³-hybridized carbons (Fsp3) is 0.136. The second-order valence-electron chi connectivity index (χ2n) is 6.85. The number of aromatic nitrogens is 3. The number of ether oxygens (including phenoxy) is 2. The number of para-hydroxylation sites is 1. The molecule has 3 heterocycles. The molecule has 0 fully saturated rings. The molecule has 0 saturated carbocycles. The quantitative estimate of drug-likeness (QED) is 0.472. The molecule has 5 rings (SSSR count). The highest BCUT2D eigenvalue weighted by Crippen LogP contribution is 2.35. The molecule has 0 bridgehead atoms. The lowest BCUT2D eigenvalue weighted by Crippen LogP contribution is -2.15.